The van der Waals surface area contributed by atoms with E-state index in [0.29, 0.717) is 17.3 Å². The van der Waals surface area contributed by atoms with Gasteiger partial charge in [0.05, 0.1) is 17.4 Å². The van der Waals surface area contributed by atoms with Gasteiger partial charge in [-0.3, -0.25) is 0 Å². The number of nitrogens with zero attached hydrogens (tertiary/aromatic N) is 3. The molecule has 9 heteroatoms. The smallest absolute Gasteiger partial charge is 0.229 e. The Bertz CT molecular complexity index is 1950. The number of hydrogen-bond donors (Lipinski definition) is 0. The van der Waals surface area contributed by atoms with Gasteiger partial charge in [-0.15, -0.1) is 0 Å². The van der Waals surface area contributed by atoms with Crippen molar-refractivity contribution in [1.82, 2.24) is 9.97 Å². The second-order valence-corrected chi connectivity index (χ2v) is 10.7. The van der Waals surface area contributed by atoms with Crippen LogP contribution in [-0.2, 0) is 0 Å². The van der Waals surface area contributed by atoms with Crippen LogP contribution in [0.1, 0.15) is 22.3 Å². The maximum Gasteiger partial charge on any atom is 0.229 e. The molecular weight excluding hydrogens is 579 g/mol. The van der Waals surface area contributed by atoms with Crippen LogP contribution in [0.3, 0.4) is 0 Å². The van der Waals surface area contributed by atoms with Crippen LogP contribution in [0.4, 0.5) is 30.2 Å². The van der Waals surface area contributed by atoms with E-state index in [4.69, 9.17) is 13.9 Å². The average Bonchev–Trinajstić information content (AvgIpc) is 3.55. The quantitative estimate of drug-likeness (QED) is 0.161. The summed E-state index contributed by atoms with van der Waals surface area (Å²) in [5, 5.41) is 0. The van der Waals surface area contributed by atoms with Crippen LogP contribution in [0.5, 0.6) is 23.1 Å². The minimum atomic E-state index is -1.71. The highest BCUT2D eigenvalue weighted by Crippen LogP contribution is 2.43. The van der Waals surface area contributed by atoms with Gasteiger partial charge >= 0.3 is 0 Å². The zero-order chi connectivity index (χ0) is 31.7. The predicted octanol–water partition coefficient (Wildman–Crippen LogP) is 10.4. The lowest BCUT2D eigenvalue weighted by atomic mass is 10.0. The van der Waals surface area contributed by atoms with Gasteiger partial charge < -0.3 is 18.8 Å². The van der Waals surface area contributed by atoms with Crippen LogP contribution in [0, 0.1) is 45.1 Å². The molecule has 0 saturated carbocycles. The third-order valence-corrected chi connectivity index (χ3v) is 7.17. The summed E-state index contributed by atoms with van der Waals surface area (Å²) in [7, 11) is 0. The summed E-state index contributed by atoms with van der Waals surface area (Å²) in [6.45, 7) is 8.08. The summed E-state index contributed by atoms with van der Waals surface area (Å²) in [6.07, 6.45) is 4.07. The van der Waals surface area contributed by atoms with Crippen molar-refractivity contribution in [1.29, 1.82) is 0 Å². The molecule has 0 aliphatic heterocycles. The number of oxazole rings is 1. The molecule has 6 aromatic rings. The third-order valence-electron chi connectivity index (χ3n) is 7.17. The van der Waals surface area contributed by atoms with Gasteiger partial charge in [0.25, 0.3) is 0 Å². The molecule has 0 bridgehead atoms. The summed E-state index contributed by atoms with van der Waals surface area (Å²) < 4.78 is 61.8. The Morgan fingerprint density at radius 2 is 1.31 bits per heavy atom. The van der Waals surface area contributed by atoms with Crippen molar-refractivity contribution in [3.8, 4) is 34.6 Å². The van der Waals surface area contributed by atoms with Gasteiger partial charge in [0.2, 0.25) is 17.6 Å². The van der Waals surface area contributed by atoms with Crippen molar-refractivity contribution in [2.45, 2.75) is 27.7 Å². The van der Waals surface area contributed by atoms with Gasteiger partial charge in [-0.25, -0.2) is 18.7 Å². The number of ether oxygens (including phenoxy) is 2. The number of pyridine rings is 1. The highest BCUT2D eigenvalue weighted by Gasteiger charge is 2.25. The monoisotopic (exact) mass is 607 g/mol. The van der Waals surface area contributed by atoms with E-state index in [0.717, 1.165) is 39.7 Å². The molecule has 0 radical (unpaired) electrons. The van der Waals surface area contributed by atoms with Crippen LogP contribution in [0.2, 0.25) is 0 Å². The molecule has 6 rings (SSSR count). The van der Waals surface area contributed by atoms with Gasteiger partial charge in [-0.1, -0.05) is 41.5 Å². The number of hydrogen-bond acceptors (Lipinski definition) is 6. The van der Waals surface area contributed by atoms with Crippen LogP contribution < -0.4 is 14.4 Å². The molecule has 0 aliphatic carbocycles. The number of aromatic nitrogens is 2. The Kier molecular flexibility index (Phi) is 8.00. The van der Waals surface area contributed by atoms with Gasteiger partial charge in [-0.2, -0.15) is 4.39 Å². The van der Waals surface area contributed by atoms with Crippen molar-refractivity contribution in [3.05, 3.63) is 137 Å². The van der Waals surface area contributed by atoms with Crippen molar-refractivity contribution >= 4 is 17.1 Å². The van der Waals surface area contributed by atoms with Crippen LogP contribution in [0.25, 0.3) is 11.5 Å². The standard InChI is InChI=1S/C36H28F3N3O3/c1-21-8-10-29(23(3)15-21)42(30-11-9-22(2)16-24(30)4)25-17-26(19-27(18-25)45-32-7-5-6-12-40-32)44-31-20-28(36-41-13-14-43-36)33(37)35(39)34(31)38/h5-20H,1-4H3. The number of aryl methyl sites for hydroxylation is 4. The Labute approximate surface area is 258 Å². The molecule has 0 unspecified atom stereocenters. The Hall–Kier alpha value is -5.57. The fraction of sp³-hybridized carbons (Fsp3) is 0.111. The van der Waals surface area contributed by atoms with Crippen molar-refractivity contribution in [2.24, 2.45) is 0 Å². The Morgan fingerprint density at radius 3 is 1.89 bits per heavy atom. The lowest BCUT2D eigenvalue weighted by Gasteiger charge is -2.29. The molecule has 0 aliphatic rings. The van der Waals surface area contributed by atoms with E-state index in [9.17, 15) is 8.78 Å². The van der Waals surface area contributed by atoms with Crippen LogP contribution in [-0.4, -0.2) is 9.97 Å². The first-order valence-electron chi connectivity index (χ1n) is 14.1. The Morgan fingerprint density at radius 1 is 0.644 bits per heavy atom. The lowest BCUT2D eigenvalue weighted by molar-refractivity contribution is 0.391. The molecule has 0 amide bonds. The molecule has 2 aromatic heterocycles. The molecule has 45 heavy (non-hydrogen) atoms. The number of anilines is 3. The molecule has 226 valence electrons. The fourth-order valence-corrected chi connectivity index (χ4v) is 5.15. The highest BCUT2D eigenvalue weighted by atomic mass is 19.2. The normalized spacial score (nSPS) is 11.0. The first-order chi connectivity index (χ1) is 21.7. The number of rotatable bonds is 8. The molecule has 0 N–H and O–H groups in total. The second-order valence-electron chi connectivity index (χ2n) is 10.7. The maximum atomic E-state index is 15.1. The fourth-order valence-electron chi connectivity index (χ4n) is 5.15. The minimum absolute atomic E-state index is 0.0984. The first-order valence-corrected chi connectivity index (χ1v) is 14.1. The van der Waals surface area contributed by atoms with E-state index >= 15 is 4.39 Å². The van der Waals surface area contributed by atoms with Gasteiger partial charge in [-0.05, 0) is 63.1 Å². The SMILES string of the molecule is Cc1ccc(N(c2cc(Oc3ccccn3)cc(Oc3cc(-c4ncco4)c(F)c(F)c3F)c2)c2ccc(C)cc2C)c(C)c1. The average molecular weight is 608 g/mol. The zero-order valence-corrected chi connectivity index (χ0v) is 24.9. The van der Waals surface area contributed by atoms with Gasteiger partial charge in [0.15, 0.2) is 17.4 Å². The lowest BCUT2D eigenvalue weighted by Crippen LogP contribution is -2.13. The maximum absolute atomic E-state index is 15.1. The van der Waals surface area contributed by atoms with E-state index in [1.54, 1.807) is 36.5 Å². The summed E-state index contributed by atoms with van der Waals surface area (Å²) in [4.78, 5) is 10.2. The van der Waals surface area contributed by atoms with Gasteiger partial charge in [0.1, 0.15) is 17.8 Å². The molecule has 0 atom stereocenters. The molecule has 0 saturated heterocycles. The molecule has 2 heterocycles. The number of halogens is 3. The summed E-state index contributed by atoms with van der Waals surface area (Å²) in [5.41, 5.74) is 6.21. The van der Waals surface area contributed by atoms with E-state index in [2.05, 4.69) is 22.1 Å². The first kappa shape index (κ1) is 29.5. The summed E-state index contributed by atoms with van der Waals surface area (Å²) in [5.74, 6) is -4.71. The van der Waals surface area contributed by atoms with E-state index in [1.165, 1.54) is 18.5 Å². The topological polar surface area (TPSA) is 60.6 Å². The van der Waals surface area contributed by atoms with E-state index in [-0.39, 0.29) is 17.2 Å². The van der Waals surface area contributed by atoms with Crippen LogP contribution >= 0.6 is 0 Å². The summed E-state index contributed by atoms with van der Waals surface area (Å²) >= 11 is 0. The molecule has 0 spiro atoms. The van der Waals surface area contributed by atoms with Crippen LogP contribution in [0.15, 0.2) is 102 Å². The minimum Gasteiger partial charge on any atom is -0.454 e. The van der Waals surface area contributed by atoms with E-state index in [1.807, 2.05) is 56.9 Å². The summed E-state index contributed by atoms with van der Waals surface area (Å²) in [6, 6.07) is 23.5. The van der Waals surface area contributed by atoms with Crippen molar-refractivity contribution < 1.29 is 27.1 Å². The molecule has 4 aromatic carbocycles. The molecular formula is C36H28F3N3O3. The second kappa shape index (κ2) is 12.2. The molecule has 6 nitrogen and oxygen atoms in total. The Balaban J connectivity index is 1.54. The molecule has 0 fully saturated rings. The van der Waals surface area contributed by atoms with Gasteiger partial charge in [0, 0.05) is 41.8 Å². The third kappa shape index (κ3) is 6.10. The van der Waals surface area contributed by atoms with Crippen molar-refractivity contribution in [2.75, 3.05) is 4.90 Å². The number of benzene rings is 4. The van der Waals surface area contributed by atoms with Crippen molar-refractivity contribution in [3.63, 3.8) is 0 Å². The highest BCUT2D eigenvalue weighted by molar-refractivity contribution is 5.81. The predicted molar refractivity (Wildman–Crippen MR) is 166 cm³/mol. The zero-order valence-electron chi connectivity index (χ0n) is 24.9. The van der Waals surface area contributed by atoms with E-state index < -0.39 is 23.2 Å². The largest absolute Gasteiger partial charge is 0.454 e.